The van der Waals surface area contributed by atoms with Crippen molar-refractivity contribution < 1.29 is 4.79 Å². The fraction of sp³-hybridized carbons (Fsp3) is 0.550. The molecular formula is C20H30N6O. The molecule has 0 unspecified atom stereocenters. The lowest BCUT2D eigenvalue weighted by Crippen LogP contribution is -2.44. The Bertz CT molecular complexity index is 759. The highest BCUT2D eigenvalue weighted by molar-refractivity contribution is 5.74. The predicted octanol–water partition coefficient (Wildman–Crippen LogP) is 2.27. The van der Waals surface area contributed by atoms with Crippen molar-refractivity contribution in [2.45, 2.75) is 38.8 Å². The van der Waals surface area contributed by atoms with Gasteiger partial charge in [-0.2, -0.15) is 0 Å². The standard InChI is InChI=1S/C20H30N6O/c1-15-5-7-16(8-6-15)13-21-20(27)26-11-9-17(10-12-26)19-23-22-18(25(19)4)14-24(2)3/h5-8,17H,9-14H2,1-4H3,(H,21,27). The Hall–Kier alpha value is -2.41. The van der Waals surface area contributed by atoms with Gasteiger partial charge >= 0.3 is 6.03 Å². The Morgan fingerprint density at radius 1 is 1.19 bits per heavy atom. The minimum Gasteiger partial charge on any atom is -0.334 e. The Balaban J connectivity index is 1.50. The third kappa shape index (κ3) is 4.86. The zero-order chi connectivity index (χ0) is 19.4. The van der Waals surface area contributed by atoms with Gasteiger partial charge in [-0.15, -0.1) is 10.2 Å². The Labute approximate surface area is 161 Å². The van der Waals surface area contributed by atoms with Crippen LogP contribution in [-0.4, -0.2) is 57.8 Å². The first-order valence-electron chi connectivity index (χ1n) is 9.55. The number of likely N-dealkylation sites (tertiary alicyclic amines) is 1. The zero-order valence-electron chi connectivity index (χ0n) is 16.8. The third-order valence-corrected chi connectivity index (χ3v) is 5.17. The third-order valence-electron chi connectivity index (χ3n) is 5.17. The molecule has 1 aliphatic rings. The van der Waals surface area contributed by atoms with E-state index in [0.717, 1.165) is 49.7 Å². The molecule has 0 radical (unpaired) electrons. The van der Waals surface area contributed by atoms with E-state index >= 15 is 0 Å². The molecule has 0 saturated carbocycles. The summed E-state index contributed by atoms with van der Waals surface area (Å²) in [6, 6.07) is 8.26. The van der Waals surface area contributed by atoms with Crippen LogP contribution < -0.4 is 5.32 Å². The van der Waals surface area contributed by atoms with Gasteiger partial charge < -0.3 is 19.7 Å². The minimum atomic E-state index is 0.0142. The second-order valence-corrected chi connectivity index (χ2v) is 7.68. The van der Waals surface area contributed by atoms with Gasteiger partial charge in [-0.25, -0.2) is 4.79 Å². The van der Waals surface area contributed by atoms with Crippen molar-refractivity contribution in [2.24, 2.45) is 7.05 Å². The second-order valence-electron chi connectivity index (χ2n) is 7.68. The number of piperidine rings is 1. The van der Waals surface area contributed by atoms with Gasteiger partial charge in [-0.05, 0) is 39.4 Å². The maximum absolute atomic E-state index is 12.4. The van der Waals surface area contributed by atoms with Crippen LogP contribution in [-0.2, 0) is 20.1 Å². The molecule has 1 fully saturated rings. The van der Waals surface area contributed by atoms with Gasteiger partial charge in [0.05, 0.1) is 6.54 Å². The number of nitrogens with zero attached hydrogens (tertiary/aromatic N) is 5. The zero-order valence-corrected chi connectivity index (χ0v) is 16.8. The van der Waals surface area contributed by atoms with Crippen LogP contribution in [0, 0.1) is 6.92 Å². The smallest absolute Gasteiger partial charge is 0.317 e. The number of hydrogen-bond donors (Lipinski definition) is 1. The lowest BCUT2D eigenvalue weighted by Gasteiger charge is -2.31. The van der Waals surface area contributed by atoms with Crippen molar-refractivity contribution in [3.63, 3.8) is 0 Å². The fourth-order valence-electron chi connectivity index (χ4n) is 3.49. The van der Waals surface area contributed by atoms with Crippen molar-refractivity contribution in [1.82, 2.24) is 29.9 Å². The molecule has 1 aromatic carbocycles. The number of amides is 2. The molecule has 1 N–H and O–H groups in total. The molecule has 0 atom stereocenters. The first-order chi connectivity index (χ1) is 12.9. The van der Waals surface area contributed by atoms with Crippen molar-refractivity contribution in [3.05, 3.63) is 47.0 Å². The van der Waals surface area contributed by atoms with Gasteiger partial charge in [0.1, 0.15) is 11.6 Å². The van der Waals surface area contributed by atoms with E-state index in [9.17, 15) is 4.79 Å². The summed E-state index contributed by atoms with van der Waals surface area (Å²) in [5.41, 5.74) is 2.35. The molecule has 2 amide bonds. The quantitative estimate of drug-likeness (QED) is 0.877. The van der Waals surface area contributed by atoms with Crippen LogP contribution in [0.25, 0.3) is 0 Å². The Morgan fingerprint density at radius 3 is 2.48 bits per heavy atom. The molecule has 7 nitrogen and oxygen atoms in total. The number of carbonyl (C=O) groups is 1. The Kier molecular flexibility index (Phi) is 6.11. The van der Waals surface area contributed by atoms with E-state index in [0.29, 0.717) is 12.5 Å². The van der Waals surface area contributed by atoms with Gasteiger partial charge in [0.25, 0.3) is 0 Å². The molecule has 2 aromatic rings. The van der Waals surface area contributed by atoms with Crippen molar-refractivity contribution in [2.75, 3.05) is 27.2 Å². The average Bonchev–Trinajstić information content (AvgIpc) is 3.01. The van der Waals surface area contributed by atoms with Crippen LogP contribution in [0.2, 0.25) is 0 Å². The van der Waals surface area contributed by atoms with Crippen LogP contribution >= 0.6 is 0 Å². The summed E-state index contributed by atoms with van der Waals surface area (Å²) in [5, 5.41) is 11.8. The van der Waals surface area contributed by atoms with Crippen molar-refractivity contribution in [1.29, 1.82) is 0 Å². The number of benzene rings is 1. The number of nitrogens with one attached hydrogen (secondary N) is 1. The van der Waals surface area contributed by atoms with Gasteiger partial charge in [0.2, 0.25) is 0 Å². The molecule has 0 aliphatic carbocycles. The molecule has 3 rings (SSSR count). The molecule has 1 aromatic heterocycles. The van der Waals surface area contributed by atoms with Crippen molar-refractivity contribution >= 4 is 6.03 Å². The normalized spacial score (nSPS) is 15.4. The number of carbonyl (C=O) groups excluding carboxylic acids is 1. The number of rotatable bonds is 5. The van der Waals surface area contributed by atoms with E-state index in [-0.39, 0.29) is 6.03 Å². The SMILES string of the molecule is Cc1ccc(CNC(=O)N2CCC(c3nnc(CN(C)C)n3C)CC2)cc1. The van der Waals surface area contributed by atoms with Crippen LogP contribution in [0.4, 0.5) is 4.79 Å². The average molecular weight is 371 g/mol. The van der Waals surface area contributed by atoms with Crippen LogP contribution in [0.15, 0.2) is 24.3 Å². The first-order valence-corrected chi connectivity index (χ1v) is 9.55. The van der Waals surface area contributed by atoms with Gasteiger partial charge in [0, 0.05) is 32.6 Å². The van der Waals surface area contributed by atoms with E-state index in [2.05, 4.69) is 56.2 Å². The summed E-state index contributed by atoms with van der Waals surface area (Å²) in [5.74, 6) is 2.37. The number of urea groups is 1. The van der Waals surface area contributed by atoms with Crippen LogP contribution in [0.3, 0.4) is 0 Å². The van der Waals surface area contributed by atoms with Crippen LogP contribution in [0.1, 0.15) is 41.5 Å². The first kappa shape index (κ1) is 19.4. The van der Waals surface area contributed by atoms with E-state index in [4.69, 9.17) is 0 Å². The maximum Gasteiger partial charge on any atom is 0.317 e. The maximum atomic E-state index is 12.4. The lowest BCUT2D eigenvalue weighted by molar-refractivity contribution is 0.179. The van der Waals surface area contributed by atoms with Gasteiger partial charge in [-0.1, -0.05) is 29.8 Å². The predicted molar refractivity (Wildman–Crippen MR) is 105 cm³/mol. The number of hydrogen-bond acceptors (Lipinski definition) is 4. The summed E-state index contributed by atoms with van der Waals surface area (Å²) < 4.78 is 2.11. The molecule has 146 valence electrons. The molecule has 1 saturated heterocycles. The number of aryl methyl sites for hydroxylation is 1. The Morgan fingerprint density at radius 2 is 1.85 bits per heavy atom. The highest BCUT2D eigenvalue weighted by Crippen LogP contribution is 2.27. The fourth-order valence-corrected chi connectivity index (χ4v) is 3.49. The monoisotopic (exact) mass is 370 g/mol. The molecule has 27 heavy (non-hydrogen) atoms. The lowest BCUT2D eigenvalue weighted by atomic mass is 9.96. The largest absolute Gasteiger partial charge is 0.334 e. The molecule has 7 heteroatoms. The summed E-state index contributed by atoms with van der Waals surface area (Å²) >= 11 is 0. The summed E-state index contributed by atoms with van der Waals surface area (Å²) in [6.45, 7) is 4.91. The van der Waals surface area contributed by atoms with E-state index in [1.807, 2.05) is 26.0 Å². The summed E-state index contributed by atoms with van der Waals surface area (Å²) in [4.78, 5) is 16.4. The molecule has 2 heterocycles. The van der Waals surface area contributed by atoms with Gasteiger partial charge in [0.15, 0.2) is 0 Å². The highest BCUT2D eigenvalue weighted by atomic mass is 16.2. The summed E-state index contributed by atoms with van der Waals surface area (Å²) in [7, 11) is 6.10. The minimum absolute atomic E-state index is 0.0142. The second kappa shape index (κ2) is 8.52. The van der Waals surface area contributed by atoms with Crippen LogP contribution in [0.5, 0.6) is 0 Å². The number of aromatic nitrogens is 3. The molecule has 1 aliphatic heterocycles. The molecule has 0 spiro atoms. The highest BCUT2D eigenvalue weighted by Gasteiger charge is 2.27. The van der Waals surface area contributed by atoms with E-state index in [1.165, 1.54) is 5.56 Å². The molecular weight excluding hydrogens is 340 g/mol. The van der Waals surface area contributed by atoms with E-state index in [1.54, 1.807) is 0 Å². The van der Waals surface area contributed by atoms with E-state index < -0.39 is 0 Å². The summed E-state index contributed by atoms with van der Waals surface area (Å²) in [6.07, 6.45) is 1.85. The topological polar surface area (TPSA) is 66.3 Å². The molecule has 0 bridgehead atoms. The van der Waals surface area contributed by atoms with Gasteiger partial charge in [-0.3, -0.25) is 0 Å². The van der Waals surface area contributed by atoms with Crippen molar-refractivity contribution in [3.8, 4) is 0 Å².